The Morgan fingerprint density at radius 1 is 1.37 bits per heavy atom. The molecule has 19 heavy (non-hydrogen) atoms. The normalized spacial score (nSPS) is 15.5. The van der Waals surface area contributed by atoms with Crippen molar-refractivity contribution in [3.8, 4) is 0 Å². The van der Waals surface area contributed by atoms with E-state index in [2.05, 4.69) is 5.32 Å². The third kappa shape index (κ3) is 5.01. The van der Waals surface area contributed by atoms with E-state index in [1.54, 1.807) is 23.9 Å². The number of nitrogens with two attached hydrogens (primary N) is 1. The van der Waals surface area contributed by atoms with E-state index in [1.165, 1.54) is 12.1 Å². The SMILES string of the molecule is Cl.NC1(C(=O)NCCCSc2ccc(F)cc2)CC1. The molecule has 0 radical (unpaired) electrons. The second-order valence-corrected chi connectivity index (χ2v) is 5.74. The Hall–Kier alpha value is -0.780. The Kier molecular flexibility index (Phi) is 6.10. The number of halogens is 2. The second-order valence-electron chi connectivity index (χ2n) is 4.57. The molecule has 2 rings (SSSR count). The summed E-state index contributed by atoms with van der Waals surface area (Å²) in [6.45, 7) is 0.645. The molecule has 3 nitrogen and oxygen atoms in total. The van der Waals surface area contributed by atoms with E-state index in [0.29, 0.717) is 6.54 Å². The maximum absolute atomic E-state index is 12.7. The maximum Gasteiger partial charge on any atom is 0.240 e. The Labute approximate surface area is 122 Å². The van der Waals surface area contributed by atoms with Gasteiger partial charge in [0.05, 0.1) is 5.54 Å². The molecule has 1 aromatic carbocycles. The molecule has 0 bridgehead atoms. The van der Waals surface area contributed by atoms with Crippen LogP contribution in [-0.4, -0.2) is 23.7 Å². The van der Waals surface area contributed by atoms with E-state index < -0.39 is 5.54 Å². The predicted molar refractivity (Wildman–Crippen MR) is 78.2 cm³/mol. The first-order chi connectivity index (χ1) is 8.60. The summed E-state index contributed by atoms with van der Waals surface area (Å²) in [6, 6.07) is 6.43. The summed E-state index contributed by atoms with van der Waals surface area (Å²) in [4.78, 5) is 12.6. The summed E-state index contributed by atoms with van der Waals surface area (Å²) in [5.74, 6) is 0.641. The fourth-order valence-corrected chi connectivity index (χ4v) is 2.39. The third-order valence-corrected chi connectivity index (χ3v) is 4.03. The number of carbonyl (C=O) groups excluding carboxylic acids is 1. The summed E-state index contributed by atoms with van der Waals surface area (Å²) in [7, 11) is 0. The topological polar surface area (TPSA) is 55.1 Å². The number of amides is 1. The number of rotatable bonds is 6. The van der Waals surface area contributed by atoms with E-state index in [4.69, 9.17) is 5.73 Å². The number of hydrogen-bond acceptors (Lipinski definition) is 3. The van der Waals surface area contributed by atoms with E-state index in [1.807, 2.05) is 0 Å². The Morgan fingerprint density at radius 3 is 2.58 bits per heavy atom. The highest BCUT2D eigenvalue weighted by Crippen LogP contribution is 2.32. The molecule has 0 aliphatic heterocycles. The van der Waals surface area contributed by atoms with Crippen LogP contribution in [0.15, 0.2) is 29.2 Å². The number of hydrogen-bond donors (Lipinski definition) is 2. The van der Waals surface area contributed by atoms with Gasteiger partial charge < -0.3 is 11.1 Å². The molecule has 1 amide bonds. The van der Waals surface area contributed by atoms with Crippen molar-refractivity contribution in [3.05, 3.63) is 30.1 Å². The molecule has 106 valence electrons. The van der Waals surface area contributed by atoms with Gasteiger partial charge in [0.25, 0.3) is 0 Å². The number of nitrogens with one attached hydrogen (secondary N) is 1. The average Bonchev–Trinajstić information content (AvgIpc) is 3.10. The van der Waals surface area contributed by atoms with E-state index in [9.17, 15) is 9.18 Å². The van der Waals surface area contributed by atoms with Crippen LogP contribution in [-0.2, 0) is 4.79 Å². The van der Waals surface area contributed by atoms with Gasteiger partial charge in [-0.15, -0.1) is 24.2 Å². The first-order valence-electron chi connectivity index (χ1n) is 6.06. The van der Waals surface area contributed by atoms with Crippen LogP contribution < -0.4 is 11.1 Å². The van der Waals surface area contributed by atoms with Gasteiger partial charge in [-0.25, -0.2) is 4.39 Å². The second kappa shape index (κ2) is 7.12. The molecule has 1 aliphatic rings. The van der Waals surface area contributed by atoms with Crippen molar-refractivity contribution in [2.24, 2.45) is 5.73 Å². The minimum atomic E-state index is -0.579. The molecule has 3 N–H and O–H groups in total. The molecule has 6 heteroatoms. The highest BCUT2D eigenvalue weighted by Gasteiger charge is 2.45. The largest absolute Gasteiger partial charge is 0.354 e. The fraction of sp³-hybridized carbons (Fsp3) is 0.462. The Morgan fingerprint density at radius 2 is 2.00 bits per heavy atom. The van der Waals surface area contributed by atoms with E-state index in [-0.39, 0.29) is 24.1 Å². The molecule has 0 heterocycles. The smallest absolute Gasteiger partial charge is 0.240 e. The van der Waals surface area contributed by atoms with Gasteiger partial charge in [-0.05, 0) is 49.3 Å². The van der Waals surface area contributed by atoms with Gasteiger partial charge in [-0.2, -0.15) is 0 Å². The third-order valence-electron chi connectivity index (χ3n) is 2.93. The summed E-state index contributed by atoms with van der Waals surface area (Å²) in [6.07, 6.45) is 2.47. The van der Waals surface area contributed by atoms with Crippen LogP contribution in [0.4, 0.5) is 4.39 Å². The Bertz CT molecular complexity index is 423. The summed E-state index contributed by atoms with van der Waals surface area (Å²) in [5, 5.41) is 2.84. The van der Waals surface area contributed by atoms with Gasteiger partial charge >= 0.3 is 0 Å². The molecular weight excluding hydrogens is 287 g/mol. The van der Waals surface area contributed by atoms with Crippen molar-refractivity contribution in [2.45, 2.75) is 29.7 Å². The molecule has 1 fully saturated rings. The zero-order valence-corrected chi connectivity index (χ0v) is 12.2. The molecule has 1 saturated carbocycles. The van der Waals surface area contributed by atoms with E-state index >= 15 is 0 Å². The molecule has 0 saturated heterocycles. The lowest BCUT2D eigenvalue weighted by molar-refractivity contribution is -0.123. The highest BCUT2D eigenvalue weighted by molar-refractivity contribution is 7.99. The minimum Gasteiger partial charge on any atom is -0.354 e. The van der Waals surface area contributed by atoms with Crippen molar-refractivity contribution in [3.63, 3.8) is 0 Å². The van der Waals surface area contributed by atoms with Crippen molar-refractivity contribution in [1.29, 1.82) is 0 Å². The predicted octanol–water partition coefficient (Wildman–Crippen LogP) is 2.34. The van der Waals surface area contributed by atoms with Crippen molar-refractivity contribution < 1.29 is 9.18 Å². The maximum atomic E-state index is 12.7. The minimum absolute atomic E-state index is 0. The van der Waals surface area contributed by atoms with Crippen LogP contribution in [0.3, 0.4) is 0 Å². The van der Waals surface area contributed by atoms with Crippen molar-refractivity contribution in [2.75, 3.05) is 12.3 Å². The van der Waals surface area contributed by atoms with Gasteiger partial charge in [-0.1, -0.05) is 0 Å². The molecule has 0 spiro atoms. The van der Waals surface area contributed by atoms with Gasteiger partial charge in [0.2, 0.25) is 5.91 Å². The van der Waals surface area contributed by atoms with E-state index in [0.717, 1.165) is 29.9 Å². The monoisotopic (exact) mass is 304 g/mol. The van der Waals surface area contributed by atoms with Crippen molar-refractivity contribution in [1.82, 2.24) is 5.32 Å². The first kappa shape index (κ1) is 16.3. The number of carbonyl (C=O) groups is 1. The lowest BCUT2D eigenvalue weighted by atomic mass is 10.3. The molecular formula is C13H18ClFN2OS. The van der Waals surface area contributed by atoms with Gasteiger partial charge in [0.1, 0.15) is 5.82 Å². The lowest BCUT2D eigenvalue weighted by Crippen LogP contribution is -2.43. The van der Waals surface area contributed by atoms with Crippen LogP contribution in [0.25, 0.3) is 0 Å². The first-order valence-corrected chi connectivity index (χ1v) is 7.04. The quantitative estimate of drug-likeness (QED) is 0.626. The van der Waals surface area contributed by atoms with Gasteiger partial charge in [0.15, 0.2) is 0 Å². The zero-order chi connectivity index (χ0) is 13.0. The van der Waals surface area contributed by atoms with Gasteiger partial charge in [-0.3, -0.25) is 4.79 Å². The average molecular weight is 305 g/mol. The van der Waals surface area contributed by atoms with Crippen molar-refractivity contribution >= 4 is 30.1 Å². The van der Waals surface area contributed by atoms with Crippen LogP contribution in [0.2, 0.25) is 0 Å². The highest BCUT2D eigenvalue weighted by atomic mass is 35.5. The summed E-state index contributed by atoms with van der Waals surface area (Å²) in [5.41, 5.74) is 5.18. The Balaban J connectivity index is 0.00000180. The van der Waals surface area contributed by atoms with Crippen LogP contribution in [0.1, 0.15) is 19.3 Å². The van der Waals surface area contributed by atoms with Crippen LogP contribution in [0.5, 0.6) is 0 Å². The zero-order valence-electron chi connectivity index (χ0n) is 10.5. The van der Waals surface area contributed by atoms with Crippen LogP contribution in [0, 0.1) is 5.82 Å². The molecule has 1 aromatic rings. The summed E-state index contributed by atoms with van der Waals surface area (Å²) < 4.78 is 12.7. The molecule has 1 aliphatic carbocycles. The number of benzene rings is 1. The van der Waals surface area contributed by atoms with Gasteiger partial charge in [0, 0.05) is 11.4 Å². The summed E-state index contributed by atoms with van der Waals surface area (Å²) >= 11 is 1.65. The standard InChI is InChI=1S/C13H17FN2OS.ClH/c14-10-2-4-11(5-3-10)18-9-1-8-16-12(17)13(15)6-7-13;/h2-5H,1,6-9,15H2,(H,16,17);1H. The molecule has 0 atom stereocenters. The molecule has 0 unspecified atom stereocenters. The molecule has 0 aromatic heterocycles. The fourth-order valence-electron chi connectivity index (χ4n) is 1.53. The lowest BCUT2D eigenvalue weighted by Gasteiger charge is -2.09. The number of thioether (sulfide) groups is 1. The van der Waals surface area contributed by atoms with Crippen LogP contribution >= 0.6 is 24.2 Å².